The lowest BCUT2D eigenvalue weighted by molar-refractivity contribution is -0.160. The SMILES string of the molecule is Cc1cc(NC(=O)COC(=O)C(Cc2ccccc2)N2C(=O)C3C4C=CC(C5CC45)C3C2=O)no1. The van der Waals surface area contributed by atoms with E-state index in [0.29, 0.717) is 17.6 Å². The van der Waals surface area contributed by atoms with Crippen LogP contribution in [0.5, 0.6) is 0 Å². The molecule has 180 valence electrons. The Morgan fingerprint density at radius 2 is 1.77 bits per heavy atom. The molecule has 1 aromatic carbocycles. The van der Waals surface area contributed by atoms with Gasteiger partial charge in [0, 0.05) is 12.5 Å². The number of carbonyl (C=O) groups is 4. The second-order valence-corrected chi connectivity index (χ2v) is 9.89. The molecular weight excluding hydrogens is 450 g/mol. The van der Waals surface area contributed by atoms with Crippen LogP contribution in [0.25, 0.3) is 0 Å². The molecule has 1 aromatic heterocycles. The van der Waals surface area contributed by atoms with Crippen LogP contribution in [0.2, 0.25) is 0 Å². The maximum atomic E-state index is 13.6. The molecule has 3 fully saturated rings. The molecule has 3 amide bonds. The van der Waals surface area contributed by atoms with Gasteiger partial charge in [-0.3, -0.25) is 19.3 Å². The van der Waals surface area contributed by atoms with Crippen molar-refractivity contribution in [2.75, 3.05) is 11.9 Å². The van der Waals surface area contributed by atoms with E-state index in [1.54, 1.807) is 6.92 Å². The molecule has 2 aromatic rings. The summed E-state index contributed by atoms with van der Waals surface area (Å²) in [5.74, 6) is -1.03. The summed E-state index contributed by atoms with van der Waals surface area (Å²) in [6.45, 7) is 1.11. The van der Waals surface area contributed by atoms with Gasteiger partial charge in [0.25, 0.3) is 5.91 Å². The van der Waals surface area contributed by atoms with Crippen molar-refractivity contribution in [1.29, 1.82) is 0 Å². The first-order chi connectivity index (χ1) is 16.9. The molecule has 1 N–H and O–H groups in total. The van der Waals surface area contributed by atoms with Crippen LogP contribution in [0.15, 0.2) is 53.1 Å². The lowest BCUT2D eigenvalue weighted by Crippen LogP contribution is -2.48. The number of imide groups is 1. The maximum Gasteiger partial charge on any atom is 0.330 e. The van der Waals surface area contributed by atoms with E-state index in [2.05, 4.69) is 22.6 Å². The van der Waals surface area contributed by atoms with Gasteiger partial charge in [0.05, 0.1) is 11.8 Å². The minimum atomic E-state index is -1.14. The van der Waals surface area contributed by atoms with Gasteiger partial charge in [0.2, 0.25) is 11.8 Å². The van der Waals surface area contributed by atoms with Crippen LogP contribution in [-0.4, -0.2) is 46.4 Å². The topological polar surface area (TPSA) is 119 Å². The van der Waals surface area contributed by atoms with Crippen LogP contribution >= 0.6 is 0 Å². The normalized spacial score (nSPS) is 30.6. The van der Waals surface area contributed by atoms with Crippen molar-refractivity contribution in [3.8, 4) is 0 Å². The van der Waals surface area contributed by atoms with Gasteiger partial charge >= 0.3 is 5.97 Å². The first kappa shape index (κ1) is 21.8. The average Bonchev–Trinajstić information content (AvgIpc) is 3.53. The fourth-order valence-corrected chi connectivity index (χ4v) is 6.24. The average molecular weight is 476 g/mol. The maximum absolute atomic E-state index is 13.6. The number of amides is 3. The second-order valence-electron chi connectivity index (χ2n) is 9.89. The first-order valence-corrected chi connectivity index (χ1v) is 11.9. The molecule has 7 unspecified atom stereocenters. The number of hydrogen-bond donors (Lipinski definition) is 1. The number of esters is 1. The summed E-state index contributed by atoms with van der Waals surface area (Å²) in [7, 11) is 0. The molecule has 9 nitrogen and oxygen atoms in total. The number of ether oxygens (including phenoxy) is 1. The third-order valence-corrected chi connectivity index (χ3v) is 7.79. The van der Waals surface area contributed by atoms with Crippen molar-refractivity contribution in [1.82, 2.24) is 10.1 Å². The third kappa shape index (κ3) is 3.66. The summed E-state index contributed by atoms with van der Waals surface area (Å²) in [6, 6.07) is 9.57. The minimum Gasteiger partial charge on any atom is -0.454 e. The van der Waals surface area contributed by atoms with Gasteiger partial charge in [-0.1, -0.05) is 47.6 Å². The molecule has 35 heavy (non-hydrogen) atoms. The summed E-state index contributed by atoms with van der Waals surface area (Å²) in [6.07, 6.45) is 5.37. The molecule has 0 spiro atoms. The molecule has 2 saturated carbocycles. The highest BCUT2D eigenvalue weighted by Crippen LogP contribution is 2.65. The molecule has 0 radical (unpaired) electrons. The lowest BCUT2D eigenvalue weighted by atomic mass is 9.63. The van der Waals surface area contributed by atoms with E-state index in [-0.39, 0.29) is 35.9 Å². The molecule has 4 aliphatic carbocycles. The molecule has 1 aliphatic heterocycles. The highest BCUT2D eigenvalue weighted by atomic mass is 16.5. The number of likely N-dealkylation sites (tertiary alicyclic amines) is 1. The van der Waals surface area contributed by atoms with E-state index < -0.39 is 36.4 Å². The molecular formula is C26H25N3O6. The van der Waals surface area contributed by atoms with Crippen LogP contribution in [0.3, 0.4) is 0 Å². The van der Waals surface area contributed by atoms with Gasteiger partial charge in [-0.2, -0.15) is 0 Å². The van der Waals surface area contributed by atoms with Crippen molar-refractivity contribution in [2.45, 2.75) is 25.8 Å². The van der Waals surface area contributed by atoms with E-state index in [1.807, 2.05) is 30.3 Å². The fourth-order valence-electron chi connectivity index (χ4n) is 6.24. The number of rotatable bonds is 7. The fraction of sp³-hybridized carbons (Fsp3) is 0.423. The van der Waals surface area contributed by atoms with Gasteiger partial charge in [-0.05, 0) is 42.6 Å². The van der Waals surface area contributed by atoms with Gasteiger partial charge in [0.15, 0.2) is 12.4 Å². The summed E-state index contributed by atoms with van der Waals surface area (Å²) < 4.78 is 10.2. The Hall–Kier alpha value is -3.75. The number of aromatic nitrogens is 1. The molecule has 7 atom stereocenters. The standard InChI is InChI=1S/C26H25N3O6/c1-13-9-20(28-35-13)27-21(30)12-34-26(33)19(10-14-5-3-2-4-6-14)29-24(31)22-15-7-8-16(18-11-17(15)18)23(22)25(29)32/h2-9,15-19,22-23H,10-12H2,1H3,(H,27,28,30). The Labute approximate surface area is 201 Å². The van der Waals surface area contributed by atoms with Crippen LogP contribution in [-0.2, 0) is 30.3 Å². The molecule has 2 heterocycles. The van der Waals surface area contributed by atoms with E-state index in [1.165, 1.54) is 6.07 Å². The molecule has 2 bridgehead atoms. The summed E-state index contributed by atoms with van der Waals surface area (Å²) in [5, 5.41) is 6.16. The molecule has 9 heteroatoms. The van der Waals surface area contributed by atoms with Crippen molar-refractivity contribution in [3.63, 3.8) is 0 Å². The van der Waals surface area contributed by atoms with Crippen molar-refractivity contribution in [3.05, 3.63) is 59.9 Å². The number of nitrogens with one attached hydrogen (secondary N) is 1. The smallest absolute Gasteiger partial charge is 0.330 e. The number of benzene rings is 1. The predicted octanol–water partition coefficient (Wildman–Crippen LogP) is 2.13. The van der Waals surface area contributed by atoms with Gasteiger partial charge in [-0.25, -0.2) is 4.79 Å². The van der Waals surface area contributed by atoms with Crippen LogP contribution in [0.1, 0.15) is 17.7 Å². The highest BCUT2D eigenvalue weighted by Gasteiger charge is 2.68. The van der Waals surface area contributed by atoms with E-state index in [9.17, 15) is 19.2 Å². The first-order valence-electron chi connectivity index (χ1n) is 11.9. The number of aryl methyl sites for hydroxylation is 1. The Bertz CT molecular complexity index is 1200. The summed E-state index contributed by atoms with van der Waals surface area (Å²) in [4.78, 5) is 53.8. The van der Waals surface area contributed by atoms with E-state index in [0.717, 1.165) is 16.9 Å². The number of hydrogen-bond acceptors (Lipinski definition) is 7. The van der Waals surface area contributed by atoms with Gasteiger partial charge in [-0.15, -0.1) is 0 Å². The van der Waals surface area contributed by atoms with Crippen molar-refractivity contribution >= 4 is 29.5 Å². The Morgan fingerprint density at radius 1 is 1.11 bits per heavy atom. The molecule has 1 saturated heterocycles. The predicted molar refractivity (Wildman–Crippen MR) is 121 cm³/mol. The summed E-state index contributed by atoms with van der Waals surface area (Å²) >= 11 is 0. The number of nitrogens with zero attached hydrogens (tertiary/aromatic N) is 2. The lowest BCUT2D eigenvalue weighted by Gasteiger charge is -2.37. The van der Waals surface area contributed by atoms with E-state index in [4.69, 9.17) is 9.26 Å². The number of allylic oxidation sites excluding steroid dienone is 2. The zero-order valence-corrected chi connectivity index (χ0v) is 19.1. The van der Waals surface area contributed by atoms with E-state index >= 15 is 0 Å². The van der Waals surface area contributed by atoms with Gasteiger partial charge in [0.1, 0.15) is 11.8 Å². The number of anilines is 1. The minimum absolute atomic E-state index is 0.0570. The van der Waals surface area contributed by atoms with Crippen molar-refractivity contribution < 1.29 is 28.4 Å². The zero-order valence-electron chi connectivity index (χ0n) is 19.1. The van der Waals surface area contributed by atoms with Gasteiger partial charge < -0.3 is 14.6 Å². The van der Waals surface area contributed by atoms with Crippen LogP contribution in [0.4, 0.5) is 5.82 Å². The zero-order chi connectivity index (χ0) is 24.3. The largest absolute Gasteiger partial charge is 0.454 e. The monoisotopic (exact) mass is 475 g/mol. The van der Waals surface area contributed by atoms with Crippen LogP contribution < -0.4 is 5.32 Å². The Kier molecular flexibility index (Phi) is 5.09. The third-order valence-electron chi connectivity index (χ3n) is 7.79. The molecule has 5 aliphatic rings. The van der Waals surface area contributed by atoms with Crippen LogP contribution in [0, 0.1) is 42.4 Å². The Balaban J connectivity index is 1.21. The summed E-state index contributed by atoms with van der Waals surface area (Å²) in [5.41, 5.74) is 0.788. The van der Waals surface area contributed by atoms with Crippen molar-refractivity contribution in [2.24, 2.45) is 35.5 Å². The Morgan fingerprint density at radius 3 is 2.37 bits per heavy atom. The second kappa shape index (κ2) is 8.18. The quantitative estimate of drug-likeness (QED) is 0.370. The highest BCUT2D eigenvalue weighted by molar-refractivity contribution is 6.09. The molecule has 7 rings (SSSR count). The number of carbonyl (C=O) groups excluding carboxylic acids is 4.